The smallest absolute Gasteiger partial charge is 0.276 e. The second kappa shape index (κ2) is 4.32. The van der Waals surface area contributed by atoms with Gasteiger partial charge < -0.3 is 8.98 Å². The van der Waals surface area contributed by atoms with E-state index in [4.69, 9.17) is 4.42 Å². The summed E-state index contributed by atoms with van der Waals surface area (Å²) in [5.74, 6) is 0.689. The third-order valence-electron chi connectivity index (χ3n) is 3.02. The number of carbonyl (C=O) groups excluding carboxylic acids is 1. The number of nitrogens with zero attached hydrogens (tertiary/aromatic N) is 3. The molecule has 0 fully saturated rings. The Hall–Kier alpha value is -1.93. The van der Waals surface area contributed by atoms with Crippen LogP contribution in [0.4, 0.5) is 0 Å². The van der Waals surface area contributed by atoms with Crippen molar-refractivity contribution in [1.29, 1.82) is 0 Å². The Morgan fingerprint density at radius 3 is 2.89 bits per heavy atom. The average Bonchev–Trinajstić information content (AvgIpc) is 3.06. The first-order chi connectivity index (χ1) is 9.11. The number of imidazole rings is 1. The molecule has 1 aliphatic rings. The van der Waals surface area contributed by atoms with Gasteiger partial charge in [-0.15, -0.1) is 0 Å². The lowest BCUT2D eigenvalue weighted by molar-refractivity contribution is 0.109. The topological polar surface area (TPSA) is 85.4 Å². The zero-order valence-electron chi connectivity index (χ0n) is 9.89. The molecule has 0 radical (unpaired) electrons. The zero-order valence-corrected chi connectivity index (χ0v) is 10.7. The van der Waals surface area contributed by atoms with Gasteiger partial charge in [-0.05, 0) is 12.1 Å². The monoisotopic (exact) mass is 281 g/mol. The first-order valence-corrected chi connectivity index (χ1v) is 7.10. The largest absolute Gasteiger partial charge is 0.440 e. The zero-order chi connectivity index (χ0) is 13.5. The number of hydrogen-bond donors (Lipinski definition) is 0. The lowest BCUT2D eigenvalue weighted by Crippen LogP contribution is -2.38. The summed E-state index contributed by atoms with van der Waals surface area (Å²) in [5, 5.41) is -0.213. The third-order valence-corrected chi connectivity index (χ3v) is 4.74. The van der Waals surface area contributed by atoms with E-state index < -0.39 is 10.0 Å². The molecule has 8 heteroatoms. The van der Waals surface area contributed by atoms with E-state index in [1.165, 1.54) is 16.4 Å². The lowest BCUT2D eigenvalue weighted by atomic mass is 10.4. The molecule has 0 N–H and O–H groups in total. The van der Waals surface area contributed by atoms with Crippen LogP contribution in [-0.4, -0.2) is 35.1 Å². The molecule has 0 aromatic carbocycles. The Morgan fingerprint density at radius 1 is 1.32 bits per heavy atom. The molecule has 19 heavy (non-hydrogen) atoms. The van der Waals surface area contributed by atoms with Gasteiger partial charge in [0.05, 0.1) is 6.54 Å². The van der Waals surface area contributed by atoms with Crippen molar-refractivity contribution in [1.82, 2.24) is 13.9 Å². The van der Waals surface area contributed by atoms with Crippen LogP contribution in [0.2, 0.25) is 0 Å². The van der Waals surface area contributed by atoms with E-state index in [0.29, 0.717) is 25.2 Å². The van der Waals surface area contributed by atoms with Gasteiger partial charge in [-0.2, -0.15) is 4.31 Å². The van der Waals surface area contributed by atoms with E-state index in [9.17, 15) is 13.2 Å². The van der Waals surface area contributed by atoms with Crippen LogP contribution in [0.25, 0.3) is 0 Å². The fourth-order valence-corrected chi connectivity index (χ4v) is 3.32. The van der Waals surface area contributed by atoms with Gasteiger partial charge in [0.2, 0.25) is 5.09 Å². The van der Waals surface area contributed by atoms with Crippen LogP contribution >= 0.6 is 0 Å². The molecule has 0 spiro atoms. The van der Waals surface area contributed by atoms with Gasteiger partial charge >= 0.3 is 0 Å². The SMILES string of the molecule is O=Cc1ccc(S(=O)(=O)N2CCn3ccnc3C2)o1. The van der Waals surface area contributed by atoms with E-state index in [1.54, 1.807) is 6.20 Å². The Kier molecular flexibility index (Phi) is 2.76. The van der Waals surface area contributed by atoms with Crippen molar-refractivity contribution in [3.63, 3.8) is 0 Å². The molecule has 2 aromatic heterocycles. The molecule has 0 saturated carbocycles. The number of rotatable bonds is 3. The van der Waals surface area contributed by atoms with Crippen LogP contribution in [0, 0.1) is 0 Å². The van der Waals surface area contributed by atoms with Crippen LogP contribution < -0.4 is 0 Å². The summed E-state index contributed by atoms with van der Waals surface area (Å²) >= 11 is 0. The highest BCUT2D eigenvalue weighted by Gasteiger charge is 2.31. The predicted molar refractivity (Wildman–Crippen MR) is 63.9 cm³/mol. The van der Waals surface area contributed by atoms with Gasteiger partial charge in [-0.1, -0.05) is 0 Å². The summed E-state index contributed by atoms with van der Waals surface area (Å²) in [4.78, 5) is 14.6. The summed E-state index contributed by atoms with van der Waals surface area (Å²) < 4.78 is 32.9. The van der Waals surface area contributed by atoms with Crippen LogP contribution in [0.5, 0.6) is 0 Å². The molecule has 0 atom stereocenters. The maximum Gasteiger partial charge on any atom is 0.276 e. The summed E-state index contributed by atoms with van der Waals surface area (Å²) in [5.41, 5.74) is 0. The molecule has 3 rings (SSSR count). The minimum atomic E-state index is -3.72. The van der Waals surface area contributed by atoms with E-state index in [1.807, 2.05) is 10.8 Å². The Balaban J connectivity index is 1.91. The maximum absolute atomic E-state index is 12.3. The number of fused-ring (bicyclic) bond motifs is 1. The number of aromatic nitrogens is 2. The van der Waals surface area contributed by atoms with E-state index in [2.05, 4.69) is 4.98 Å². The molecule has 0 amide bonds. The highest BCUT2D eigenvalue weighted by Crippen LogP contribution is 2.22. The lowest BCUT2D eigenvalue weighted by Gasteiger charge is -2.25. The molecule has 1 aliphatic heterocycles. The quantitative estimate of drug-likeness (QED) is 0.764. The van der Waals surface area contributed by atoms with Crippen molar-refractivity contribution in [2.24, 2.45) is 0 Å². The highest BCUT2D eigenvalue weighted by atomic mass is 32.2. The molecule has 100 valence electrons. The molecule has 0 unspecified atom stereocenters. The van der Waals surface area contributed by atoms with Gasteiger partial charge in [0.1, 0.15) is 5.82 Å². The summed E-state index contributed by atoms with van der Waals surface area (Å²) in [7, 11) is -3.72. The Morgan fingerprint density at radius 2 is 2.16 bits per heavy atom. The summed E-state index contributed by atoms with van der Waals surface area (Å²) in [6.45, 7) is 1.10. The van der Waals surface area contributed by atoms with Crippen molar-refractivity contribution in [3.05, 3.63) is 36.1 Å². The van der Waals surface area contributed by atoms with Crippen LogP contribution in [0.1, 0.15) is 16.4 Å². The van der Waals surface area contributed by atoms with Crippen molar-refractivity contribution >= 4 is 16.3 Å². The van der Waals surface area contributed by atoms with Gasteiger partial charge in [-0.3, -0.25) is 4.79 Å². The molecule has 3 heterocycles. The molecule has 7 nitrogen and oxygen atoms in total. The van der Waals surface area contributed by atoms with Crippen molar-refractivity contribution in [2.45, 2.75) is 18.2 Å². The Labute approximate surface area is 109 Å². The highest BCUT2D eigenvalue weighted by molar-refractivity contribution is 7.89. The molecule has 0 saturated heterocycles. The minimum absolute atomic E-state index is 0.00270. The minimum Gasteiger partial charge on any atom is -0.440 e. The number of hydrogen-bond acceptors (Lipinski definition) is 5. The van der Waals surface area contributed by atoms with Crippen LogP contribution in [0.3, 0.4) is 0 Å². The number of sulfonamides is 1. The standard InChI is InChI=1S/C11H11N3O4S/c15-8-9-1-2-11(18-9)19(16,17)14-6-5-13-4-3-12-10(13)7-14/h1-4,8H,5-7H2. The van der Waals surface area contributed by atoms with Crippen molar-refractivity contribution in [3.8, 4) is 0 Å². The Bertz CT molecular complexity index is 716. The number of carbonyl (C=O) groups is 1. The summed E-state index contributed by atoms with van der Waals surface area (Å²) in [6.07, 6.45) is 3.93. The van der Waals surface area contributed by atoms with E-state index in [0.717, 1.165) is 0 Å². The fraction of sp³-hybridized carbons (Fsp3) is 0.273. The first-order valence-electron chi connectivity index (χ1n) is 5.66. The molecule has 2 aromatic rings. The maximum atomic E-state index is 12.3. The number of aldehydes is 1. The first kappa shape index (κ1) is 12.1. The molecular formula is C11H11N3O4S. The van der Waals surface area contributed by atoms with E-state index >= 15 is 0 Å². The predicted octanol–water partition coefficient (Wildman–Crippen LogP) is 0.493. The van der Waals surface area contributed by atoms with Crippen molar-refractivity contribution < 1.29 is 17.6 Å². The van der Waals surface area contributed by atoms with Gasteiger partial charge in [0.15, 0.2) is 12.0 Å². The average molecular weight is 281 g/mol. The third kappa shape index (κ3) is 1.98. The van der Waals surface area contributed by atoms with Crippen LogP contribution in [-0.2, 0) is 23.1 Å². The van der Waals surface area contributed by atoms with E-state index in [-0.39, 0.29) is 17.4 Å². The molecule has 0 bridgehead atoms. The molecular weight excluding hydrogens is 270 g/mol. The second-order valence-corrected chi connectivity index (χ2v) is 6.02. The second-order valence-electron chi connectivity index (χ2n) is 4.15. The van der Waals surface area contributed by atoms with Gasteiger partial charge in [0.25, 0.3) is 10.0 Å². The number of furan rings is 1. The summed E-state index contributed by atoms with van der Waals surface area (Å²) in [6, 6.07) is 2.63. The normalized spacial score (nSPS) is 16.2. The van der Waals surface area contributed by atoms with Gasteiger partial charge in [-0.25, -0.2) is 13.4 Å². The molecule has 0 aliphatic carbocycles. The van der Waals surface area contributed by atoms with Crippen LogP contribution in [0.15, 0.2) is 34.0 Å². The van der Waals surface area contributed by atoms with Crippen molar-refractivity contribution in [2.75, 3.05) is 6.54 Å². The fourth-order valence-electron chi connectivity index (χ4n) is 2.02. The van der Waals surface area contributed by atoms with Gasteiger partial charge in [0, 0.05) is 25.5 Å².